The van der Waals surface area contributed by atoms with Crippen molar-refractivity contribution in [3.63, 3.8) is 0 Å². The number of benzene rings is 2. The van der Waals surface area contributed by atoms with Crippen LogP contribution in [-0.4, -0.2) is 64.3 Å². The summed E-state index contributed by atoms with van der Waals surface area (Å²) < 4.78 is 52.4. The summed E-state index contributed by atoms with van der Waals surface area (Å²) in [5, 5.41) is 2.84. The van der Waals surface area contributed by atoms with Crippen LogP contribution in [0.2, 0.25) is 0 Å². The van der Waals surface area contributed by atoms with Gasteiger partial charge in [-0.3, -0.25) is 9.69 Å². The fourth-order valence-corrected chi connectivity index (χ4v) is 7.33. The van der Waals surface area contributed by atoms with Gasteiger partial charge in [0.25, 0.3) is 5.91 Å². The van der Waals surface area contributed by atoms with Crippen LogP contribution in [0.1, 0.15) is 28.8 Å². The molecule has 1 amide bonds. The molecule has 2 heterocycles. The number of sulfone groups is 1. The van der Waals surface area contributed by atoms with Crippen LogP contribution < -0.4 is 10.0 Å². The molecule has 0 saturated carbocycles. The smallest absolute Gasteiger partial charge is 0.251 e. The summed E-state index contributed by atoms with van der Waals surface area (Å²) in [5.41, 5.74) is 0.998. The molecule has 2 N–H and O–H groups in total. The number of amides is 1. The van der Waals surface area contributed by atoms with E-state index in [1.54, 1.807) is 0 Å². The molecule has 0 radical (unpaired) electrons. The van der Waals surface area contributed by atoms with E-state index in [9.17, 15) is 21.6 Å². The average Bonchev–Trinajstić information content (AvgIpc) is 3.40. The molecule has 2 aromatic carbocycles. The monoisotopic (exact) mass is 477 g/mol. The summed E-state index contributed by atoms with van der Waals surface area (Å²) in [7, 11) is -7.06. The molecule has 2 aromatic rings. The molecule has 10 heteroatoms. The molecule has 0 aromatic heterocycles. The molecule has 4 rings (SSSR count). The van der Waals surface area contributed by atoms with Gasteiger partial charge in [-0.2, -0.15) is 0 Å². The molecule has 0 bridgehead atoms. The minimum atomic E-state index is -3.82. The van der Waals surface area contributed by atoms with Crippen molar-refractivity contribution in [1.29, 1.82) is 0 Å². The van der Waals surface area contributed by atoms with Crippen LogP contribution >= 0.6 is 0 Å². The van der Waals surface area contributed by atoms with Crippen LogP contribution in [0.25, 0.3) is 0 Å². The van der Waals surface area contributed by atoms with Crippen LogP contribution in [0.15, 0.2) is 59.5 Å². The molecule has 2 fully saturated rings. The van der Waals surface area contributed by atoms with Crippen molar-refractivity contribution < 1.29 is 21.6 Å². The van der Waals surface area contributed by atoms with Crippen LogP contribution in [0, 0.1) is 0 Å². The van der Waals surface area contributed by atoms with Gasteiger partial charge in [0, 0.05) is 18.2 Å². The topological polar surface area (TPSA) is 113 Å². The third-order valence-corrected chi connectivity index (χ3v) is 9.08. The maximum atomic E-state index is 12.9. The van der Waals surface area contributed by atoms with E-state index >= 15 is 0 Å². The highest BCUT2D eigenvalue weighted by Gasteiger charge is 2.42. The molecule has 2 atom stereocenters. The standard InChI is InChI=1S/C22H27N3O5S2/c26-22(24-20-15-31(27,28)16-21(20)25-11-4-5-12-25)18-9-6-10-19(13-18)32(29,30)23-14-17-7-2-1-3-8-17/h1-3,6-10,13,20-21,23H,4-5,11-12,14-16H2,(H,24,26). The molecule has 8 nitrogen and oxygen atoms in total. The number of hydrogen-bond donors (Lipinski definition) is 2. The maximum Gasteiger partial charge on any atom is 0.251 e. The first-order valence-electron chi connectivity index (χ1n) is 10.6. The van der Waals surface area contributed by atoms with Crippen molar-refractivity contribution in [1.82, 2.24) is 14.9 Å². The number of carbonyl (C=O) groups is 1. The van der Waals surface area contributed by atoms with Crippen molar-refractivity contribution >= 4 is 25.8 Å². The Bertz CT molecular complexity index is 1180. The lowest BCUT2D eigenvalue weighted by Gasteiger charge is -2.28. The summed E-state index contributed by atoms with van der Waals surface area (Å²) >= 11 is 0. The van der Waals surface area contributed by atoms with Crippen molar-refractivity contribution in [2.75, 3.05) is 24.6 Å². The van der Waals surface area contributed by atoms with Gasteiger partial charge in [-0.15, -0.1) is 0 Å². The highest BCUT2D eigenvalue weighted by atomic mass is 32.2. The van der Waals surface area contributed by atoms with Gasteiger partial charge in [0.15, 0.2) is 9.84 Å². The number of rotatable bonds is 7. The van der Waals surface area contributed by atoms with E-state index in [4.69, 9.17) is 0 Å². The molecule has 2 unspecified atom stereocenters. The van der Waals surface area contributed by atoms with E-state index in [1.165, 1.54) is 24.3 Å². The van der Waals surface area contributed by atoms with Gasteiger partial charge in [-0.25, -0.2) is 21.6 Å². The number of hydrogen-bond acceptors (Lipinski definition) is 6. The Hall–Kier alpha value is -2.27. The lowest BCUT2D eigenvalue weighted by Crippen LogP contribution is -2.50. The second kappa shape index (κ2) is 9.30. The largest absolute Gasteiger partial charge is 0.347 e. The summed E-state index contributed by atoms with van der Waals surface area (Å²) in [6, 6.07) is 14.2. The van der Waals surface area contributed by atoms with Crippen LogP contribution in [0.3, 0.4) is 0 Å². The number of nitrogens with one attached hydrogen (secondary N) is 2. The van der Waals surface area contributed by atoms with Crippen molar-refractivity contribution in [2.24, 2.45) is 0 Å². The van der Waals surface area contributed by atoms with Crippen molar-refractivity contribution in [3.8, 4) is 0 Å². The van der Waals surface area contributed by atoms with Crippen LogP contribution in [-0.2, 0) is 26.4 Å². The Morgan fingerprint density at radius 3 is 2.44 bits per heavy atom. The highest BCUT2D eigenvalue weighted by Crippen LogP contribution is 2.23. The normalized spacial score (nSPS) is 23.2. The van der Waals surface area contributed by atoms with E-state index < -0.39 is 31.8 Å². The van der Waals surface area contributed by atoms with Crippen LogP contribution in [0.4, 0.5) is 0 Å². The fourth-order valence-electron chi connectivity index (χ4n) is 4.31. The zero-order chi connectivity index (χ0) is 22.8. The summed E-state index contributed by atoms with van der Waals surface area (Å²) in [4.78, 5) is 15.0. The van der Waals surface area contributed by atoms with Crippen LogP contribution in [0.5, 0.6) is 0 Å². The second-order valence-corrected chi connectivity index (χ2v) is 12.2. The summed E-state index contributed by atoms with van der Waals surface area (Å²) in [5.74, 6) is -0.539. The first-order valence-corrected chi connectivity index (χ1v) is 13.9. The maximum absolute atomic E-state index is 12.9. The van der Waals surface area contributed by atoms with E-state index in [1.807, 2.05) is 30.3 Å². The summed E-state index contributed by atoms with van der Waals surface area (Å²) in [6.07, 6.45) is 2.04. The van der Waals surface area contributed by atoms with Crippen molar-refractivity contribution in [2.45, 2.75) is 36.4 Å². The van der Waals surface area contributed by atoms with Gasteiger partial charge in [-0.05, 0) is 49.7 Å². The lowest BCUT2D eigenvalue weighted by atomic mass is 10.1. The molecule has 0 aliphatic carbocycles. The molecular formula is C22H27N3O5S2. The minimum absolute atomic E-state index is 0.0174. The van der Waals surface area contributed by atoms with Gasteiger partial charge in [0.2, 0.25) is 10.0 Å². The third kappa shape index (κ3) is 5.37. The number of likely N-dealkylation sites (tertiary alicyclic amines) is 1. The van der Waals surface area contributed by atoms with Crippen molar-refractivity contribution in [3.05, 3.63) is 65.7 Å². The Morgan fingerprint density at radius 1 is 1.00 bits per heavy atom. The Kier molecular flexibility index (Phi) is 6.66. The lowest BCUT2D eigenvalue weighted by molar-refractivity contribution is 0.0918. The van der Waals surface area contributed by atoms with E-state index in [-0.39, 0.29) is 34.6 Å². The predicted molar refractivity (Wildman–Crippen MR) is 121 cm³/mol. The van der Waals surface area contributed by atoms with E-state index in [2.05, 4.69) is 14.9 Å². The molecule has 2 aliphatic rings. The molecule has 172 valence electrons. The van der Waals surface area contributed by atoms with E-state index in [0.29, 0.717) is 0 Å². The number of sulfonamides is 1. The average molecular weight is 478 g/mol. The predicted octanol–water partition coefficient (Wildman–Crippen LogP) is 1.16. The molecule has 0 spiro atoms. The summed E-state index contributed by atoms with van der Waals surface area (Å²) in [6.45, 7) is 1.79. The third-order valence-electron chi connectivity index (χ3n) is 5.96. The second-order valence-electron chi connectivity index (χ2n) is 8.31. The molecule has 2 aliphatic heterocycles. The minimum Gasteiger partial charge on any atom is -0.347 e. The quantitative estimate of drug-likeness (QED) is 0.619. The molecule has 32 heavy (non-hydrogen) atoms. The number of nitrogens with zero attached hydrogens (tertiary/aromatic N) is 1. The number of carbonyl (C=O) groups excluding carboxylic acids is 1. The Morgan fingerprint density at radius 2 is 1.72 bits per heavy atom. The molecule has 2 saturated heterocycles. The zero-order valence-corrected chi connectivity index (χ0v) is 19.2. The Labute approximate surface area is 189 Å². The highest BCUT2D eigenvalue weighted by molar-refractivity contribution is 7.91. The SMILES string of the molecule is O=C(NC1CS(=O)(=O)CC1N1CCCC1)c1cccc(S(=O)(=O)NCc2ccccc2)c1. The van der Waals surface area contributed by atoms with Gasteiger partial charge >= 0.3 is 0 Å². The van der Waals surface area contributed by atoms with Gasteiger partial charge in [0.05, 0.1) is 22.4 Å². The van der Waals surface area contributed by atoms with Gasteiger partial charge < -0.3 is 5.32 Å². The molecular weight excluding hydrogens is 450 g/mol. The zero-order valence-electron chi connectivity index (χ0n) is 17.6. The van der Waals surface area contributed by atoms with Gasteiger partial charge in [0.1, 0.15) is 0 Å². The first-order chi connectivity index (χ1) is 15.2. The van der Waals surface area contributed by atoms with Gasteiger partial charge in [-0.1, -0.05) is 36.4 Å². The fraction of sp³-hybridized carbons (Fsp3) is 0.409. The van der Waals surface area contributed by atoms with E-state index in [0.717, 1.165) is 31.5 Å². The first kappa shape index (κ1) is 22.9. The Balaban J connectivity index is 1.47.